The topological polar surface area (TPSA) is 84.5 Å². The van der Waals surface area contributed by atoms with Gasteiger partial charge >= 0.3 is 6.18 Å². The fourth-order valence-corrected chi connectivity index (χ4v) is 2.28. The zero-order valence-electron chi connectivity index (χ0n) is 13.2. The maximum absolute atomic E-state index is 12.9. The molecular weight excluding hydrogens is 361 g/mol. The molecule has 3 N–H and O–H groups in total. The molecule has 136 valence electrons. The highest BCUT2D eigenvalue weighted by atomic mass is 35.5. The predicted molar refractivity (Wildman–Crippen MR) is 87.7 cm³/mol. The van der Waals surface area contributed by atoms with Gasteiger partial charge in [0.25, 0.3) is 0 Å². The van der Waals surface area contributed by atoms with Gasteiger partial charge in [-0.2, -0.15) is 18.2 Å². The highest BCUT2D eigenvalue weighted by Gasteiger charge is 2.34. The largest absolute Gasteiger partial charge is 0.490 e. The molecule has 0 saturated carbocycles. The van der Waals surface area contributed by atoms with Gasteiger partial charge in [-0.05, 0) is 12.1 Å². The number of aromatic nitrogens is 2. The summed E-state index contributed by atoms with van der Waals surface area (Å²) in [5.41, 5.74) is 4.60. The van der Waals surface area contributed by atoms with Crippen molar-refractivity contribution in [2.24, 2.45) is 0 Å². The Morgan fingerprint density at radius 1 is 1.32 bits per heavy atom. The van der Waals surface area contributed by atoms with Crippen molar-refractivity contribution in [1.82, 2.24) is 9.97 Å². The number of hydrogen-bond donors (Lipinski definition) is 2. The van der Waals surface area contributed by atoms with Gasteiger partial charge in [-0.1, -0.05) is 23.7 Å². The van der Waals surface area contributed by atoms with Crippen LogP contribution in [0, 0.1) is 0 Å². The van der Waals surface area contributed by atoms with Gasteiger partial charge in [0.15, 0.2) is 0 Å². The van der Waals surface area contributed by atoms with Crippen molar-refractivity contribution < 1.29 is 23.0 Å². The maximum Gasteiger partial charge on any atom is 0.419 e. The molecule has 2 rings (SSSR count). The van der Waals surface area contributed by atoms with Crippen molar-refractivity contribution in [3.05, 3.63) is 41.0 Å². The fourth-order valence-electron chi connectivity index (χ4n) is 2.09. The number of aliphatic hydroxyl groups excluding tert-OH is 1. The average molecular weight is 377 g/mol. The number of alkyl halides is 3. The number of aliphatic hydroxyl groups is 1. The molecule has 0 amide bonds. The van der Waals surface area contributed by atoms with Crippen LogP contribution in [0.3, 0.4) is 0 Å². The highest BCUT2D eigenvalue weighted by Crippen LogP contribution is 2.35. The first kappa shape index (κ1) is 19.1. The predicted octanol–water partition coefficient (Wildman–Crippen LogP) is 2.61. The smallest absolute Gasteiger partial charge is 0.419 e. The molecule has 0 aliphatic carbocycles. The first-order chi connectivity index (χ1) is 11.7. The lowest BCUT2D eigenvalue weighted by Crippen LogP contribution is -2.33. The minimum Gasteiger partial charge on any atom is -0.490 e. The molecule has 1 unspecified atom stereocenters. The van der Waals surface area contributed by atoms with Gasteiger partial charge in [0.1, 0.15) is 29.4 Å². The summed E-state index contributed by atoms with van der Waals surface area (Å²) in [4.78, 5) is 9.21. The van der Waals surface area contributed by atoms with Crippen LogP contribution in [0.15, 0.2) is 30.3 Å². The van der Waals surface area contributed by atoms with Crippen molar-refractivity contribution in [1.29, 1.82) is 0 Å². The van der Waals surface area contributed by atoms with E-state index in [-0.39, 0.29) is 30.0 Å². The summed E-state index contributed by atoms with van der Waals surface area (Å²) in [5.74, 6) is -0.00235. The number of rotatable bonds is 6. The average Bonchev–Trinajstić information content (AvgIpc) is 2.51. The number of nitrogens with two attached hydrogens (primary N) is 1. The lowest BCUT2D eigenvalue weighted by Gasteiger charge is -2.22. The Hall–Kier alpha value is -2.26. The number of benzene rings is 1. The Kier molecular flexibility index (Phi) is 5.91. The molecule has 1 atom stereocenters. The lowest BCUT2D eigenvalue weighted by molar-refractivity contribution is -0.139. The molecular formula is C15H16ClF3N4O2. The summed E-state index contributed by atoms with van der Waals surface area (Å²) in [7, 11) is 1.62. The number of para-hydroxylation sites is 1. The third-order valence-electron chi connectivity index (χ3n) is 3.20. The fraction of sp³-hybridized carbons (Fsp3) is 0.333. The molecule has 10 heteroatoms. The third kappa shape index (κ3) is 5.36. The van der Waals surface area contributed by atoms with Crippen LogP contribution >= 0.6 is 11.6 Å². The van der Waals surface area contributed by atoms with E-state index in [9.17, 15) is 18.3 Å². The van der Waals surface area contributed by atoms with E-state index in [4.69, 9.17) is 22.1 Å². The van der Waals surface area contributed by atoms with Gasteiger partial charge in [0, 0.05) is 19.7 Å². The van der Waals surface area contributed by atoms with Crippen LogP contribution in [-0.2, 0) is 6.18 Å². The van der Waals surface area contributed by atoms with Crippen molar-refractivity contribution in [2.75, 3.05) is 30.8 Å². The van der Waals surface area contributed by atoms with Crippen molar-refractivity contribution >= 4 is 23.4 Å². The Morgan fingerprint density at radius 2 is 2.00 bits per heavy atom. The van der Waals surface area contributed by atoms with Crippen LogP contribution in [0.2, 0.25) is 5.15 Å². The van der Waals surface area contributed by atoms with Crippen LogP contribution in [0.4, 0.5) is 24.9 Å². The quantitative estimate of drug-likeness (QED) is 0.754. The molecule has 0 spiro atoms. The van der Waals surface area contributed by atoms with Crippen LogP contribution in [0.1, 0.15) is 5.56 Å². The SMILES string of the molecule is CN(CC(O)COc1ccccc1C(F)(F)F)c1cc(Cl)nc(N)n1. The second-order valence-electron chi connectivity index (χ2n) is 5.25. The first-order valence-electron chi connectivity index (χ1n) is 7.15. The van der Waals surface area contributed by atoms with Crippen LogP contribution in [0.25, 0.3) is 0 Å². The van der Waals surface area contributed by atoms with Gasteiger partial charge in [0.2, 0.25) is 5.95 Å². The summed E-state index contributed by atoms with van der Waals surface area (Å²) < 4.78 is 43.8. The highest BCUT2D eigenvalue weighted by molar-refractivity contribution is 6.29. The van der Waals surface area contributed by atoms with Gasteiger partial charge in [-0.25, -0.2) is 4.98 Å². The number of likely N-dealkylation sites (N-methyl/N-ethyl adjacent to an activating group) is 1. The van der Waals surface area contributed by atoms with E-state index in [0.717, 1.165) is 6.07 Å². The number of anilines is 2. The van der Waals surface area contributed by atoms with E-state index < -0.39 is 17.8 Å². The van der Waals surface area contributed by atoms with Crippen LogP contribution in [0.5, 0.6) is 5.75 Å². The Bertz CT molecular complexity index is 710. The van der Waals surface area contributed by atoms with Gasteiger partial charge in [-0.3, -0.25) is 0 Å². The number of ether oxygens (including phenoxy) is 1. The van der Waals surface area contributed by atoms with Crippen molar-refractivity contribution in [3.63, 3.8) is 0 Å². The van der Waals surface area contributed by atoms with E-state index in [1.807, 2.05) is 0 Å². The van der Waals surface area contributed by atoms with Crippen molar-refractivity contribution in [3.8, 4) is 5.75 Å². The molecule has 0 fully saturated rings. The van der Waals surface area contributed by atoms with Gasteiger partial charge in [-0.15, -0.1) is 0 Å². The molecule has 25 heavy (non-hydrogen) atoms. The summed E-state index contributed by atoms with van der Waals surface area (Å²) in [5, 5.41) is 10.2. The Balaban J connectivity index is 1.98. The van der Waals surface area contributed by atoms with Crippen molar-refractivity contribution in [2.45, 2.75) is 12.3 Å². The van der Waals surface area contributed by atoms with Crippen LogP contribution in [-0.4, -0.2) is 41.4 Å². The summed E-state index contributed by atoms with van der Waals surface area (Å²) in [6, 6.07) is 6.26. The van der Waals surface area contributed by atoms with Gasteiger partial charge in [0.05, 0.1) is 5.56 Å². The second kappa shape index (κ2) is 7.75. The molecule has 1 aromatic carbocycles. The number of nitrogen functional groups attached to an aromatic ring is 1. The van der Waals surface area contributed by atoms with E-state index in [1.165, 1.54) is 29.2 Å². The van der Waals surface area contributed by atoms with Crippen LogP contribution < -0.4 is 15.4 Å². The molecule has 1 heterocycles. The minimum atomic E-state index is -4.53. The number of nitrogens with zero attached hydrogens (tertiary/aromatic N) is 3. The molecule has 0 bridgehead atoms. The summed E-state index contributed by atoms with van der Waals surface area (Å²) in [6.07, 6.45) is -5.60. The number of halogens is 4. The van der Waals surface area contributed by atoms with E-state index in [0.29, 0.717) is 5.82 Å². The zero-order valence-corrected chi connectivity index (χ0v) is 13.9. The van der Waals surface area contributed by atoms with E-state index in [1.54, 1.807) is 7.05 Å². The monoisotopic (exact) mass is 376 g/mol. The molecule has 2 aromatic rings. The molecule has 0 aliphatic rings. The second-order valence-corrected chi connectivity index (χ2v) is 5.63. The Morgan fingerprint density at radius 3 is 2.64 bits per heavy atom. The van der Waals surface area contributed by atoms with Gasteiger partial charge < -0.3 is 20.5 Å². The van der Waals surface area contributed by atoms with E-state index >= 15 is 0 Å². The molecule has 0 radical (unpaired) electrons. The summed E-state index contributed by atoms with van der Waals surface area (Å²) >= 11 is 5.78. The molecule has 0 saturated heterocycles. The zero-order chi connectivity index (χ0) is 18.6. The lowest BCUT2D eigenvalue weighted by atomic mass is 10.2. The number of hydrogen-bond acceptors (Lipinski definition) is 6. The first-order valence-corrected chi connectivity index (χ1v) is 7.53. The van der Waals surface area contributed by atoms with E-state index in [2.05, 4.69) is 9.97 Å². The molecule has 1 aromatic heterocycles. The molecule has 0 aliphatic heterocycles. The minimum absolute atomic E-state index is 0.0285. The maximum atomic E-state index is 12.9. The Labute approximate surface area is 147 Å². The molecule has 6 nitrogen and oxygen atoms in total. The standard InChI is InChI=1S/C15H16ClF3N4O2/c1-23(13-6-12(16)21-14(20)22-13)7-9(24)8-25-11-5-3-2-4-10(11)15(17,18)19/h2-6,9,24H,7-8H2,1H3,(H2,20,21,22). The summed E-state index contributed by atoms with van der Waals surface area (Å²) in [6.45, 7) is -0.285. The third-order valence-corrected chi connectivity index (χ3v) is 3.39. The normalized spacial score (nSPS) is 12.7.